The third kappa shape index (κ3) is 13.2. The minimum absolute atomic E-state index is 0.953. The van der Waals surface area contributed by atoms with Crippen molar-refractivity contribution in [3.63, 3.8) is 0 Å². The van der Waals surface area contributed by atoms with Gasteiger partial charge in [0.1, 0.15) is 0 Å². The zero-order chi connectivity index (χ0) is 19.0. The van der Waals surface area contributed by atoms with E-state index in [0.29, 0.717) is 0 Å². The van der Waals surface area contributed by atoms with Crippen LogP contribution in [0.25, 0.3) is 0 Å². The minimum Gasteiger partial charge on any atom is -0.0651 e. The second-order valence-electron chi connectivity index (χ2n) is 10.1. The molecule has 0 aliphatic heterocycles. The van der Waals surface area contributed by atoms with E-state index >= 15 is 0 Å². The van der Waals surface area contributed by atoms with Gasteiger partial charge in [-0.15, -0.1) is 0 Å². The van der Waals surface area contributed by atoms with Crippen molar-refractivity contribution in [2.75, 3.05) is 0 Å². The molecular weight excluding hydrogens is 312 g/mol. The molecule has 0 N–H and O–H groups in total. The van der Waals surface area contributed by atoms with Crippen LogP contribution in [0, 0.1) is 23.7 Å². The van der Waals surface area contributed by atoms with Crippen LogP contribution in [-0.4, -0.2) is 0 Å². The van der Waals surface area contributed by atoms with Gasteiger partial charge in [0.2, 0.25) is 0 Å². The van der Waals surface area contributed by atoms with Gasteiger partial charge in [0.25, 0.3) is 0 Å². The van der Waals surface area contributed by atoms with Crippen molar-refractivity contribution >= 4 is 0 Å². The molecule has 0 saturated heterocycles. The van der Waals surface area contributed by atoms with Crippen LogP contribution >= 0.6 is 0 Å². The second kappa shape index (κ2) is 16.0. The van der Waals surface area contributed by atoms with Gasteiger partial charge in [0, 0.05) is 0 Å². The molecule has 4 unspecified atom stereocenters. The van der Waals surface area contributed by atoms with Crippen LogP contribution in [0.5, 0.6) is 0 Å². The molecule has 1 fully saturated rings. The first kappa shape index (κ1) is 24.0. The van der Waals surface area contributed by atoms with Gasteiger partial charge in [-0.3, -0.25) is 0 Å². The van der Waals surface area contributed by atoms with E-state index in [-0.39, 0.29) is 0 Å². The summed E-state index contributed by atoms with van der Waals surface area (Å²) in [6, 6.07) is 0. The Kier molecular flexibility index (Phi) is 14.8. The van der Waals surface area contributed by atoms with E-state index in [0.717, 1.165) is 23.7 Å². The first-order valence-electron chi connectivity index (χ1n) is 12.6. The molecule has 0 bridgehead atoms. The van der Waals surface area contributed by atoms with Crippen molar-refractivity contribution < 1.29 is 0 Å². The summed E-state index contributed by atoms with van der Waals surface area (Å²) in [5, 5.41) is 0. The number of hydrogen-bond acceptors (Lipinski definition) is 0. The Morgan fingerprint density at radius 2 is 0.846 bits per heavy atom. The smallest absolute Gasteiger partial charge is 0.0414 e. The SMILES string of the molecule is CCC1CCCCC(C)CCCC(C)CCCCCCCCCC(C)C1. The van der Waals surface area contributed by atoms with Crippen LogP contribution in [0.2, 0.25) is 0 Å². The lowest BCUT2D eigenvalue weighted by Gasteiger charge is -2.20. The van der Waals surface area contributed by atoms with Crippen LogP contribution in [0.4, 0.5) is 0 Å². The monoisotopic (exact) mass is 364 g/mol. The van der Waals surface area contributed by atoms with Gasteiger partial charge in [0.05, 0.1) is 0 Å². The maximum Gasteiger partial charge on any atom is -0.0414 e. The lowest BCUT2D eigenvalue weighted by molar-refractivity contribution is 0.324. The number of hydrogen-bond donors (Lipinski definition) is 0. The minimum atomic E-state index is 0.953. The fourth-order valence-electron chi connectivity index (χ4n) is 5.07. The molecule has 0 heterocycles. The van der Waals surface area contributed by atoms with Crippen LogP contribution in [0.3, 0.4) is 0 Å². The first-order chi connectivity index (χ1) is 12.6. The zero-order valence-electron chi connectivity index (χ0n) is 19.0. The average molecular weight is 365 g/mol. The highest BCUT2D eigenvalue weighted by atomic mass is 14.2. The third-order valence-corrected chi connectivity index (χ3v) is 7.16. The maximum absolute atomic E-state index is 2.52. The van der Waals surface area contributed by atoms with Gasteiger partial charge in [-0.1, -0.05) is 137 Å². The van der Waals surface area contributed by atoms with Gasteiger partial charge < -0.3 is 0 Å². The summed E-state index contributed by atoms with van der Waals surface area (Å²) < 4.78 is 0. The molecule has 1 aliphatic carbocycles. The third-order valence-electron chi connectivity index (χ3n) is 7.16. The van der Waals surface area contributed by atoms with E-state index < -0.39 is 0 Å². The van der Waals surface area contributed by atoms with Crippen LogP contribution < -0.4 is 0 Å². The van der Waals surface area contributed by atoms with Crippen molar-refractivity contribution in [3.8, 4) is 0 Å². The predicted molar refractivity (Wildman–Crippen MR) is 120 cm³/mol. The molecule has 156 valence electrons. The topological polar surface area (TPSA) is 0 Å². The van der Waals surface area contributed by atoms with E-state index in [1.807, 2.05) is 0 Å². The van der Waals surface area contributed by atoms with E-state index in [1.165, 1.54) is 116 Å². The molecule has 0 nitrogen and oxygen atoms in total. The largest absolute Gasteiger partial charge is 0.0651 e. The quantitative estimate of drug-likeness (QED) is 0.434. The molecule has 1 rings (SSSR count). The highest BCUT2D eigenvalue weighted by molar-refractivity contribution is 4.65. The number of rotatable bonds is 1. The first-order valence-corrected chi connectivity index (χ1v) is 12.6. The Hall–Kier alpha value is 0. The molecule has 1 aliphatic rings. The summed E-state index contributed by atoms with van der Waals surface area (Å²) in [5.41, 5.74) is 0. The molecule has 0 spiro atoms. The molecule has 0 aromatic carbocycles. The highest BCUT2D eigenvalue weighted by Gasteiger charge is 2.12. The van der Waals surface area contributed by atoms with E-state index in [9.17, 15) is 0 Å². The van der Waals surface area contributed by atoms with Gasteiger partial charge in [-0.05, 0) is 30.1 Å². The van der Waals surface area contributed by atoms with E-state index in [1.54, 1.807) is 0 Å². The lowest BCUT2D eigenvalue weighted by Crippen LogP contribution is -2.06. The molecule has 0 radical (unpaired) electrons. The molecule has 1 saturated carbocycles. The summed E-state index contributed by atoms with van der Waals surface area (Å²) >= 11 is 0. The van der Waals surface area contributed by atoms with Gasteiger partial charge >= 0.3 is 0 Å². The standard InChI is InChI=1S/C26H52/c1-5-26-21-14-13-17-24(3)20-15-19-23(2)16-11-9-7-6-8-10-12-18-25(4)22-26/h23-26H,5-22H2,1-4H3. The second-order valence-corrected chi connectivity index (χ2v) is 10.1. The molecule has 0 heteroatoms. The van der Waals surface area contributed by atoms with Crippen molar-refractivity contribution in [3.05, 3.63) is 0 Å². The van der Waals surface area contributed by atoms with Gasteiger partial charge in [-0.25, -0.2) is 0 Å². The summed E-state index contributed by atoms with van der Waals surface area (Å²) in [6.07, 6.45) is 26.5. The van der Waals surface area contributed by atoms with Gasteiger partial charge in [0.15, 0.2) is 0 Å². The van der Waals surface area contributed by atoms with Crippen LogP contribution in [-0.2, 0) is 0 Å². The Morgan fingerprint density at radius 1 is 0.462 bits per heavy atom. The van der Waals surface area contributed by atoms with E-state index in [4.69, 9.17) is 0 Å². The molecule has 0 aromatic rings. The Labute approximate surface area is 167 Å². The van der Waals surface area contributed by atoms with E-state index in [2.05, 4.69) is 27.7 Å². The summed E-state index contributed by atoms with van der Waals surface area (Å²) in [5.74, 6) is 3.86. The van der Waals surface area contributed by atoms with Crippen molar-refractivity contribution in [2.45, 2.75) is 143 Å². The Morgan fingerprint density at radius 3 is 1.38 bits per heavy atom. The lowest BCUT2D eigenvalue weighted by atomic mass is 9.86. The normalized spacial score (nSPS) is 33.2. The van der Waals surface area contributed by atoms with Gasteiger partial charge in [-0.2, -0.15) is 0 Å². The molecule has 4 atom stereocenters. The molecular formula is C26H52. The molecule has 0 aromatic heterocycles. The van der Waals surface area contributed by atoms with Crippen molar-refractivity contribution in [2.24, 2.45) is 23.7 Å². The zero-order valence-corrected chi connectivity index (χ0v) is 19.0. The fraction of sp³-hybridized carbons (Fsp3) is 1.00. The van der Waals surface area contributed by atoms with Crippen LogP contribution in [0.1, 0.15) is 143 Å². The van der Waals surface area contributed by atoms with Crippen LogP contribution in [0.15, 0.2) is 0 Å². The molecule has 26 heavy (non-hydrogen) atoms. The summed E-state index contributed by atoms with van der Waals surface area (Å²) in [6.45, 7) is 9.93. The molecule has 0 amide bonds. The Balaban J connectivity index is 2.35. The Bertz CT molecular complexity index is 294. The fourth-order valence-corrected chi connectivity index (χ4v) is 5.07. The average Bonchev–Trinajstić information content (AvgIpc) is 2.62. The van der Waals surface area contributed by atoms with Crippen molar-refractivity contribution in [1.82, 2.24) is 0 Å². The highest BCUT2D eigenvalue weighted by Crippen LogP contribution is 2.27. The summed E-state index contributed by atoms with van der Waals surface area (Å²) in [7, 11) is 0. The summed E-state index contributed by atoms with van der Waals surface area (Å²) in [4.78, 5) is 0. The maximum atomic E-state index is 2.52. The van der Waals surface area contributed by atoms with Crippen molar-refractivity contribution in [1.29, 1.82) is 0 Å². The predicted octanol–water partition coefficient (Wildman–Crippen LogP) is 9.57.